The second-order valence-corrected chi connectivity index (χ2v) is 8.05. The number of ether oxygens (including phenoxy) is 1. The van der Waals surface area contributed by atoms with Crippen molar-refractivity contribution in [3.8, 4) is 17.0 Å². The highest BCUT2D eigenvalue weighted by molar-refractivity contribution is 5.92. The lowest BCUT2D eigenvalue weighted by molar-refractivity contribution is -0.120. The number of carbonyl (C=O) groups is 2. The van der Waals surface area contributed by atoms with E-state index >= 15 is 0 Å². The Morgan fingerprint density at radius 3 is 2.69 bits per heavy atom. The number of aryl methyl sites for hydroxylation is 2. The number of rotatable bonds is 7. The van der Waals surface area contributed by atoms with Gasteiger partial charge in [-0.2, -0.15) is 0 Å². The maximum absolute atomic E-state index is 12.8. The Balaban J connectivity index is 1.46. The van der Waals surface area contributed by atoms with E-state index in [9.17, 15) is 9.59 Å². The molecular formula is C25H28N4O3. The number of aromatic nitrogens is 2. The molecule has 0 aliphatic carbocycles. The lowest BCUT2D eigenvalue weighted by atomic mass is 10.0. The molecule has 0 spiro atoms. The molecule has 2 amide bonds. The summed E-state index contributed by atoms with van der Waals surface area (Å²) < 4.78 is 7.41. The number of amides is 2. The Hall–Kier alpha value is -3.61. The van der Waals surface area contributed by atoms with Gasteiger partial charge in [-0.15, -0.1) is 0 Å². The Morgan fingerprint density at radius 2 is 1.97 bits per heavy atom. The molecule has 1 unspecified atom stereocenters. The van der Waals surface area contributed by atoms with E-state index in [2.05, 4.69) is 21.4 Å². The first-order valence-corrected chi connectivity index (χ1v) is 10.9. The number of carbonyl (C=O) groups excluding carboxylic acids is 2. The normalized spacial score (nSPS) is 13.7. The number of fused-ring (bicyclic) bond motifs is 1. The third-order valence-corrected chi connectivity index (χ3v) is 5.64. The van der Waals surface area contributed by atoms with Crippen molar-refractivity contribution in [2.45, 2.75) is 45.2 Å². The number of imidazole rings is 1. The molecule has 166 valence electrons. The van der Waals surface area contributed by atoms with Crippen LogP contribution in [-0.4, -0.2) is 28.5 Å². The summed E-state index contributed by atoms with van der Waals surface area (Å²) in [5.41, 5.74) is 3.44. The quantitative estimate of drug-likeness (QED) is 0.589. The first kappa shape index (κ1) is 21.6. The van der Waals surface area contributed by atoms with Gasteiger partial charge in [-0.1, -0.05) is 24.3 Å². The minimum Gasteiger partial charge on any atom is -0.497 e. The van der Waals surface area contributed by atoms with E-state index in [1.165, 1.54) is 19.8 Å². The number of methoxy groups -OCH3 is 1. The number of hydrogen-bond acceptors (Lipinski definition) is 4. The molecule has 0 bridgehead atoms. The van der Waals surface area contributed by atoms with E-state index in [4.69, 9.17) is 9.72 Å². The number of anilines is 1. The lowest BCUT2D eigenvalue weighted by Gasteiger charge is -2.18. The van der Waals surface area contributed by atoms with Crippen molar-refractivity contribution in [2.75, 3.05) is 12.4 Å². The van der Waals surface area contributed by atoms with Crippen LogP contribution in [-0.2, 0) is 22.6 Å². The monoisotopic (exact) mass is 432 g/mol. The average Bonchev–Trinajstić information content (AvgIpc) is 3.23. The Kier molecular flexibility index (Phi) is 6.54. The summed E-state index contributed by atoms with van der Waals surface area (Å²) in [6, 6.07) is 14.6. The van der Waals surface area contributed by atoms with E-state index in [0.29, 0.717) is 5.69 Å². The SMILES string of the molecule is COc1ccc(C(CC(=O)Nc2cccc(-c3cn4c(n3)CCCC4)c2)NC(C)=O)cc1. The minimum atomic E-state index is -0.429. The molecule has 0 radical (unpaired) electrons. The molecule has 1 aliphatic heterocycles. The lowest BCUT2D eigenvalue weighted by Crippen LogP contribution is -2.29. The van der Waals surface area contributed by atoms with Crippen LogP contribution in [0.25, 0.3) is 11.3 Å². The molecule has 3 aromatic rings. The fourth-order valence-corrected chi connectivity index (χ4v) is 4.04. The molecule has 7 nitrogen and oxygen atoms in total. The van der Waals surface area contributed by atoms with Gasteiger partial charge in [0, 0.05) is 37.3 Å². The maximum atomic E-state index is 12.8. The molecule has 0 saturated carbocycles. The summed E-state index contributed by atoms with van der Waals surface area (Å²) in [5, 5.41) is 5.82. The van der Waals surface area contributed by atoms with Crippen LogP contribution in [0.4, 0.5) is 5.69 Å². The van der Waals surface area contributed by atoms with Gasteiger partial charge in [0.1, 0.15) is 11.6 Å². The number of hydrogen-bond donors (Lipinski definition) is 2. The van der Waals surface area contributed by atoms with Gasteiger partial charge in [0.15, 0.2) is 0 Å². The predicted octanol–water partition coefficient (Wildman–Crippen LogP) is 4.10. The highest BCUT2D eigenvalue weighted by atomic mass is 16.5. The van der Waals surface area contributed by atoms with Gasteiger partial charge in [0.2, 0.25) is 11.8 Å². The van der Waals surface area contributed by atoms with Crippen LogP contribution >= 0.6 is 0 Å². The third-order valence-electron chi connectivity index (χ3n) is 5.64. The van der Waals surface area contributed by atoms with Crippen molar-refractivity contribution in [3.05, 3.63) is 66.1 Å². The van der Waals surface area contributed by atoms with Gasteiger partial charge >= 0.3 is 0 Å². The fourth-order valence-electron chi connectivity index (χ4n) is 4.04. The van der Waals surface area contributed by atoms with Crippen LogP contribution in [0.5, 0.6) is 5.75 Å². The molecule has 0 saturated heterocycles. The van der Waals surface area contributed by atoms with Crippen molar-refractivity contribution in [1.29, 1.82) is 0 Å². The van der Waals surface area contributed by atoms with Crippen molar-refractivity contribution in [2.24, 2.45) is 0 Å². The molecule has 32 heavy (non-hydrogen) atoms. The van der Waals surface area contributed by atoms with E-state index in [1.54, 1.807) is 7.11 Å². The van der Waals surface area contributed by atoms with Crippen LogP contribution in [0.1, 0.15) is 43.6 Å². The molecule has 1 aliphatic rings. The Morgan fingerprint density at radius 1 is 1.16 bits per heavy atom. The van der Waals surface area contributed by atoms with Gasteiger partial charge in [0.25, 0.3) is 0 Å². The fraction of sp³-hybridized carbons (Fsp3) is 0.320. The minimum absolute atomic E-state index is 0.120. The van der Waals surface area contributed by atoms with Gasteiger partial charge in [-0.3, -0.25) is 9.59 Å². The largest absolute Gasteiger partial charge is 0.497 e. The summed E-state index contributed by atoms with van der Waals surface area (Å²) >= 11 is 0. The number of nitrogens with one attached hydrogen (secondary N) is 2. The topological polar surface area (TPSA) is 85.2 Å². The first-order valence-electron chi connectivity index (χ1n) is 10.9. The van der Waals surface area contributed by atoms with Gasteiger partial charge < -0.3 is 19.9 Å². The number of benzene rings is 2. The van der Waals surface area contributed by atoms with E-state index in [0.717, 1.165) is 41.4 Å². The second kappa shape index (κ2) is 9.68. The number of nitrogens with zero attached hydrogens (tertiary/aromatic N) is 2. The smallest absolute Gasteiger partial charge is 0.226 e. The average molecular weight is 433 g/mol. The third kappa shape index (κ3) is 5.17. The van der Waals surface area contributed by atoms with Gasteiger partial charge in [-0.05, 0) is 42.7 Å². The Labute approximate surface area is 187 Å². The molecule has 1 aromatic heterocycles. The molecule has 2 heterocycles. The van der Waals surface area contributed by atoms with Crippen LogP contribution < -0.4 is 15.4 Å². The van der Waals surface area contributed by atoms with E-state index in [-0.39, 0.29) is 18.2 Å². The Bertz CT molecular complexity index is 1080. The zero-order chi connectivity index (χ0) is 22.5. The summed E-state index contributed by atoms with van der Waals surface area (Å²) in [4.78, 5) is 29.3. The molecule has 4 rings (SSSR count). The summed E-state index contributed by atoms with van der Waals surface area (Å²) in [7, 11) is 1.60. The van der Waals surface area contributed by atoms with Gasteiger partial charge in [0.05, 0.1) is 25.3 Å². The summed E-state index contributed by atoms with van der Waals surface area (Å²) in [6.07, 6.45) is 5.58. The maximum Gasteiger partial charge on any atom is 0.226 e. The van der Waals surface area contributed by atoms with Crippen molar-refractivity contribution in [1.82, 2.24) is 14.9 Å². The second-order valence-electron chi connectivity index (χ2n) is 8.05. The molecule has 2 aromatic carbocycles. The predicted molar refractivity (Wildman–Crippen MR) is 123 cm³/mol. The summed E-state index contributed by atoms with van der Waals surface area (Å²) in [6.45, 7) is 2.46. The molecule has 0 fully saturated rings. The van der Waals surface area contributed by atoms with Gasteiger partial charge in [-0.25, -0.2) is 4.98 Å². The molecule has 1 atom stereocenters. The van der Waals surface area contributed by atoms with Crippen LogP contribution in [0.15, 0.2) is 54.7 Å². The zero-order valence-electron chi connectivity index (χ0n) is 18.4. The molecule has 7 heteroatoms. The van der Waals surface area contributed by atoms with Crippen molar-refractivity contribution in [3.63, 3.8) is 0 Å². The van der Waals surface area contributed by atoms with E-state index in [1.807, 2.05) is 48.5 Å². The van der Waals surface area contributed by atoms with E-state index < -0.39 is 6.04 Å². The highest BCUT2D eigenvalue weighted by Crippen LogP contribution is 2.26. The summed E-state index contributed by atoms with van der Waals surface area (Å²) in [5.74, 6) is 1.47. The zero-order valence-corrected chi connectivity index (χ0v) is 18.4. The highest BCUT2D eigenvalue weighted by Gasteiger charge is 2.18. The van der Waals surface area contributed by atoms with Crippen LogP contribution in [0.3, 0.4) is 0 Å². The van der Waals surface area contributed by atoms with Crippen LogP contribution in [0.2, 0.25) is 0 Å². The first-order chi connectivity index (χ1) is 15.5. The van der Waals surface area contributed by atoms with Crippen LogP contribution in [0, 0.1) is 0 Å². The van der Waals surface area contributed by atoms with Crippen molar-refractivity contribution < 1.29 is 14.3 Å². The van der Waals surface area contributed by atoms with Crippen molar-refractivity contribution >= 4 is 17.5 Å². The molecular weight excluding hydrogens is 404 g/mol. The molecule has 2 N–H and O–H groups in total. The standard InChI is InChI=1S/C25H28N4O3/c1-17(30)26-22(18-9-11-21(32-2)12-10-18)15-25(31)27-20-7-5-6-19(14-20)23-16-29-13-4-3-8-24(29)28-23/h5-7,9-12,14,16,22H,3-4,8,13,15H2,1-2H3,(H,26,30)(H,27,31).